The Kier molecular flexibility index (Phi) is 8.32. The molecule has 0 saturated heterocycles. The number of hydrogen-bond donors (Lipinski definition) is 1. The number of amides is 1. The van der Waals surface area contributed by atoms with Crippen LogP contribution >= 0.6 is 0 Å². The van der Waals surface area contributed by atoms with Gasteiger partial charge in [-0.15, -0.1) is 0 Å². The lowest BCUT2D eigenvalue weighted by Gasteiger charge is -2.36. The first-order valence-corrected chi connectivity index (χ1v) is 14.3. The summed E-state index contributed by atoms with van der Waals surface area (Å²) in [6.07, 6.45) is 8.84. The number of alkyl carbamates (subject to hydrolysis) is 1. The van der Waals surface area contributed by atoms with E-state index in [1.807, 2.05) is 6.07 Å². The van der Waals surface area contributed by atoms with Crippen molar-refractivity contribution in [3.8, 4) is 11.1 Å². The number of benzene rings is 3. The van der Waals surface area contributed by atoms with Gasteiger partial charge in [-0.25, -0.2) is 4.79 Å². The molecule has 5 rings (SSSR count). The van der Waals surface area contributed by atoms with Gasteiger partial charge in [-0.3, -0.25) is 0 Å². The monoisotopic (exact) mass is 507 g/mol. The maximum atomic E-state index is 13.1. The summed E-state index contributed by atoms with van der Waals surface area (Å²) in [5.41, 5.74) is 6.15. The first kappa shape index (κ1) is 26.3. The highest BCUT2D eigenvalue weighted by atomic mass is 16.5. The number of nitrogens with one attached hydrogen (secondary N) is 1. The number of carbonyl (C=O) groups is 1. The van der Waals surface area contributed by atoms with Gasteiger partial charge in [0.05, 0.1) is 6.04 Å². The number of hydrogen-bond acceptors (Lipinski definition) is 2. The number of rotatable bonds is 8. The van der Waals surface area contributed by atoms with Crippen LogP contribution < -0.4 is 5.32 Å². The third-order valence-corrected chi connectivity index (χ3v) is 8.61. The highest BCUT2D eigenvalue weighted by molar-refractivity contribution is 5.79. The molecular weight excluding hydrogens is 466 g/mol. The molecule has 0 bridgehead atoms. The Labute approximate surface area is 228 Å². The maximum absolute atomic E-state index is 13.1. The molecule has 3 nitrogen and oxygen atoms in total. The van der Waals surface area contributed by atoms with Crippen LogP contribution in [0.5, 0.6) is 0 Å². The first-order chi connectivity index (χ1) is 18.5. The van der Waals surface area contributed by atoms with E-state index < -0.39 is 0 Å². The van der Waals surface area contributed by atoms with E-state index in [0.29, 0.717) is 24.4 Å². The minimum Gasteiger partial charge on any atom is -0.449 e. The zero-order chi connectivity index (χ0) is 26.5. The molecule has 0 aromatic heterocycles. The van der Waals surface area contributed by atoms with Crippen molar-refractivity contribution in [2.75, 3.05) is 6.61 Å². The Hall–Kier alpha value is -3.33. The van der Waals surface area contributed by atoms with Crippen LogP contribution in [0.15, 0.2) is 91.0 Å². The van der Waals surface area contributed by atoms with Crippen LogP contribution in [-0.2, 0) is 11.2 Å². The highest BCUT2D eigenvalue weighted by Gasteiger charge is 2.30. The Morgan fingerprint density at radius 2 is 1.55 bits per heavy atom. The van der Waals surface area contributed by atoms with Gasteiger partial charge in [-0.2, -0.15) is 0 Å². The van der Waals surface area contributed by atoms with E-state index in [-0.39, 0.29) is 18.1 Å². The summed E-state index contributed by atoms with van der Waals surface area (Å²) in [6.45, 7) is 7.39. The molecular formula is C35H41NO2. The van der Waals surface area contributed by atoms with Crippen molar-refractivity contribution in [3.05, 3.63) is 108 Å². The fourth-order valence-electron chi connectivity index (χ4n) is 6.60. The molecule has 3 aromatic carbocycles. The molecule has 2 aliphatic carbocycles. The van der Waals surface area contributed by atoms with Crippen LogP contribution in [0.3, 0.4) is 0 Å². The van der Waals surface area contributed by atoms with Crippen molar-refractivity contribution in [1.29, 1.82) is 0 Å². The average molecular weight is 508 g/mol. The van der Waals surface area contributed by atoms with Gasteiger partial charge in [0.25, 0.3) is 0 Å². The third kappa shape index (κ3) is 6.04. The molecule has 198 valence electrons. The predicted octanol–water partition coefficient (Wildman–Crippen LogP) is 8.40. The molecule has 4 atom stereocenters. The summed E-state index contributed by atoms with van der Waals surface area (Å²) >= 11 is 0. The van der Waals surface area contributed by atoms with Crippen LogP contribution in [0, 0.1) is 23.7 Å². The van der Waals surface area contributed by atoms with Gasteiger partial charge in [0, 0.05) is 5.92 Å². The van der Waals surface area contributed by atoms with Crippen molar-refractivity contribution in [3.63, 3.8) is 0 Å². The largest absolute Gasteiger partial charge is 0.449 e. The lowest BCUT2D eigenvalue weighted by molar-refractivity contribution is 0.140. The summed E-state index contributed by atoms with van der Waals surface area (Å²) in [6, 6.07) is 27.2. The van der Waals surface area contributed by atoms with E-state index in [1.54, 1.807) is 0 Å². The first-order valence-electron chi connectivity index (χ1n) is 14.3. The molecule has 0 radical (unpaired) electrons. The van der Waals surface area contributed by atoms with E-state index in [0.717, 1.165) is 12.3 Å². The fourth-order valence-corrected chi connectivity index (χ4v) is 6.60. The van der Waals surface area contributed by atoms with Crippen molar-refractivity contribution >= 4 is 6.09 Å². The Morgan fingerprint density at radius 1 is 0.921 bits per heavy atom. The summed E-state index contributed by atoms with van der Waals surface area (Å²) in [4.78, 5) is 13.1. The standard InChI is InChI=1S/C35H41NO2/c1-24(2)29-20-17-25(3)21-27(29)18-19-28(22-26-11-5-4-6-12-26)36-35(37)38-23-34-32-15-9-7-13-30(32)31-14-8-10-16-33(31)34/h4-16,18-19,24-25,27-29,34H,17,20-23H2,1-3H3,(H,36,37)/t25-,27-,28-,29+/m1/s1. The molecule has 3 heteroatoms. The molecule has 1 fully saturated rings. The Bertz CT molecular complexity index is 1200. The summed E-state index contributed by atoms with van der Waals surface area (Å²) in [5.74, 6) is 2.74. The van der Waals surface area contributed by atoms with E-state index in [9.17, 15) is 4.79 Å². The summed E-state index contributed by atoms with van der Waals surface area (Å²) < 4.78 is 5.89. The van der Waals surface area contributed by atoms with Gasteiger partial charge in [-0.1, -0.05) is 118 Å². The second-order valence-electron chi connectivity index (χ2n) is 11.6. The predicted molar refractivity (Wildman–Crippen MR) is 156 cm³/mol. The SMILES string of the molecule is CC(C)[C@@H]1CC[C@@H](C)C[C@H]1C=C[C@H](Cc1ccccc1)NC(=O)OCC1c2ccccc2-c2ccccc21. The van der Waals surface area contributed by atoms with Crippen molar-refractivity contribution in [2.24, 2.45) is 23.7 Å². The second-order valence-corrected chi connectivity index (χ2v) is 11.6. The molecule has 1 saturated carbocycles. The smallest absolute Gasteiger partial charge is 0.407 e. The van der Waals surface area contributed by atoms with Gasteiger partial charge >= 0.3 is 6.09 Å². The molecule has 0 heterocycles. The van der Waals surface area contributed by atoms with E-state index >= 15 is 0 Å². The average Bonchev–Trinajstić information content (AvgIpc) is 3.24. The number of ether oxygens (including phenoxy) is 1. The van der Waals surface area contributed by atoms with Crippen LogP contribution in [0.1, 0.15) is 62.6 Å². The van der Waals surface area contributed by atoms with Crippen LogP contribution in [0.4, 0.5) is 4.79 Å². The topological polar surface area (TPSA) is 38.3 Å². The molecule has 1 N–H and O–H groups in total. The molecule has 0 unspecified atom stereocenters. The molecule has 2 aliphatic rings. The van der Waals surface area contributed by atoms with E-state index in [1.165, 1.54) is 47.1 Å². The normalized spacial score (nSPS) is 21.7. The quantitative estimate of drug-likeness (QED) is 0.311. The van der Waals surface area contributed by atoms with Gasteiger partial charge in [-0.05, 0) is 70.8 Å². The fraction of sp³-hybridized carbons (Fsp3) is 0.400. The lowest BCUT2D eigenvalue weighted by Crippen LogP contribution is -2.36. The number of carbonyl (C=O) groups excluding carboxylic acids is 1. The summed E-state index contributed by atoms with van der Waals surface area (Å²) in [7, 11) is 0. The molecule has 1 amide bonds. The van der Waals surface area contributed by atoms with Crippen molar-refractivity contribution < 1.29 is 9.53 Å². The van der Waals surface area contributed by atoms with Gasteiger partial charge < -0.3 is 10.1 Å². The molecule has 3 aromatic rings. The van der Waals surface area contributed by atoms with Crippen LogP contribution in [0.2, 0.25) is 0 Å². The Balaban J connectivity index is 1.28. The van der Waals surface area contributed by atoms with E-state index in [4.69, 9.17) is 4.74 Å². The lowest BCUT2D eigenvalue weighted by atomic mass is 9.70. The number of fused-ring (bicyclic) bond motifs is 3. The van der Waals surface area contributed by atoms with Gasteiger partial charge in [0.2, 0.25) is 0 Å². The van der Waals surface area contributed by atoms with Gasteiger partial charge in [0.1, 0.15) is 6.61 Å². The molecule has 0 spiro atoms. The van der Waals surface area contributed by atoms with Crippen molar-refractivity contribution in [1.82, 2.24) is 5.32 Å². The number of allylic oxidation sites excluding steroid dienone is 1. The van der Waals surface area contributed by atoms with E-state index in [2.05, 4.69) is 111 Å². The highest BCUT2D eigenvalue weighted by Crippen LogP contribution is 2.44. The van der Waals surface area contributed by atoms with Gasteiger partial charge in [0.15, 0.2) is 0 Å². The van der Waals surface area contributed by atoms with Crippen LogP contribution in [0.25, 0.3) is 11.1 Å². The zero-order valence-corrected chi connectivity index (χ0v) is 23.0. The van der Waals surface area contributed by atoms with Crippen LogP contribution in [-0.4, -0.2) is 18.7 Å². The second kappa shape index (κ2) is 12.0. The Morgan fingerprint density at radius 3 is 2.21 bits per heavy atom. The van der Waals surface area contributed by atoms with Crippen molar-refractivity contribution in [2.45, 2.75) is 58.4 Å². The summed E-state index contributed by atoms with van der Waals surface area (Å²) in [5, 5.41) is 3.18. The molecule has 38 heavy (non-hydrogen) atoms. The maximum Gasteiger partial charge on any atom is 0.407 e. The molecule has 0 aliphatic heterocycles. The zero-order valence-electron chi connectivity index (χ0n) is 23.0. The third-order valence-electron chi connectivity index (χ3n) is 8.61. The minimum absolute atomic E-state index is 0.0618. The minimum atomic E-state index is -0.352.